The number of nitrogens with one attached hydrogen (secondary N) is 1. The quantitative estimate of drug-likeness (QED) is 0.374. The first kappa shape index (κ1) is 11.9. The summed E-state index contributed by atoms with van der Waals surface area (Å²) < 4.78 is 0. The molecule has 1 N–H and O–H groups in total. The SMILES string of the molecule is C=CCNC\C=C/C=C\C(C)=C\C. The fourth-order valence-corrected chi connectivity index (χ4v) is 0.719. The third kappa shape index (κ3) is 8.83. The zero-order valence-electron chi connectivity index (χ0n) is 8.59. The molecule has 0 aromatic heterocycles. The van der Waals surface area contributed by atoms with Gasteiger partial charge in [-0.05, 0) is 13.8 Å². The number of hydrogen-bond acceptors (Lipinski definition) is 1. The van der Waals surface area contributed by atoms with E-state index in [1.165, 1.54) is 5.57 Å². The smallest absolute Gasteiger partial charge is 0.0140 e. The molecule has 0 radical (unpaired) electrons. The molecule has 1 nitrogen and oxygen atoms in total. The highest BCUT2D eigenvalue weighted by Gasteiger charge is 1.75. The topological polar surface area (TPSA) is 12.0 Å². The van der Waals surface area contributed by atoms with Gasteiger partial charge in [0.05, 0.1) is 0 Å². The van der Waals surface area contributed by atoms with Crippen LogP contribution in [0.5, 0.6) is 0 Å². The zero-order valence-corrected chi connectivity index (χ0v) is 8.59. The Balaban J connectivity index is 3.51. The normalized spacial score (nSPS) is 12.9. The predicted octanol–water partition coefficient (Wildman–Crippen LogP) is 2.84. The zero-order chi connectivity index (χ0) is 9.94. The second kappa shape index (κ2) is 9.01. The maximum atomic E-state index is 3.62. The summed E-state index contributed by atoms with van der Waals surface area (Å²) in [6.07, 6.45) is 12.2. The van der Waals surface area contributed by atoms with Crippen LogP contribution >= 0.6 is 0 Å². The predicted molar refractivity (Wildman–Crippen MR) is 60.8 cm³/mol. The van der Waals surface area contributed by atoms with Gasteiger partial charge in [-0.2, -0.15) is 0 Å². The van der Waals surface area contributed by atoms with E-state index in [-0.39, 0.29) is 0 Å². The highest BCUT2D eigenvalue weighted by atomic mass is 14.8. The third-order valence-electron chi connectivity index (χ3n) is 1.61. The molecule has 0 saturated carbocycles. The molecule has 0 aliphatic carbocycles. The van der Waals surface area contributed by atoms with Gasteiger partial charge >= 0.3 is 0 Å². The van der Waals surface area contributed by atoms with Gasteiger partial charge in [-0.25, -0.2) is 0 Å². The van der Waals surface area contributed by atoms with Crippen molar-refractivity contribution in [2.75, 3.05) is 13.1 Å². The standard InChI is InChI=1S/C12H19N/c1-4-10-13-11-8-6-7-9-12(3)5-2/h4-9,13H,1,10-11H2,2-3H3/b8-6-,9-7-,12-5+. The maximum absolute atomic E-state index is 3.62. The molecule has 0 saturated heterocycles. The van der Waals surface area contributed by atoms with Crippen molar-refractivity contribution in [3.8, 4) is 0 Å². The van der Waals surface area contributed by atoms with Crippen molar-refractivity contribution in [1.82, 2.24) is 5.32 Å². The van der Waals surface area contributed by atoms with E-state index in [0.29, 0.717) is 0 Å². The molecule has 0 atom stereocenters. The van der Waals surface area contributed by atoms with Gasteiger partial charge in [-0.1, -0.05) is 42.0 Å². The Morgan fingerprint density at radius 2 is 2.08 bits per heavy atom. The summed E-state index contributed by atoms with van der Waals surface area (Å²) in [7, 11) is 0. The Hall–Kier alpha value is -1.08. The van der Waals surface area contributed by atoms with Crippen LogP contribution in [0.4, 0.5) is 0 Å². The molecule has 0 aromatic rings. The maximum Gasteiger partial charge on any atom is 0.0140 e. The van der Waals surface area contributed by atoms with E-state index in [9.17, 15) is 0 Å². The number of rotatable bonds is 6. The van der Waals surface area contributed by atoms with E-state index in [2.05, 4.69) is 37.0 Å². The highest BCUT2D eigenvalue weighted by molar-refractivity contribution is 5.19. The van der Waals surface area contributed by atoms with Gasteiger partial charge in [-0.15, -0.1) is 6.58 Å². The van der Waals surface area contributed by atoms with Crippen molar-refractivity contribution in [3.05, 3.63) is 48.6 Å². The van der Waals surface area contributed by atoms with Gasteiger partial charge in [0.15, 0.2) is 0 Å². The summed E-state index contributed by atoms with van der Waals surface area (Å²) in [6, 6.07) is 0. The first-order valence-corrected chi connectivity index (χ1v) is 4.59. The van der Waals surface area contributed by atoms with Crippen LogP contribution in [0.15, 0.2) is 48.6 Å². The fraction of sp³-hybridized carbons (Fsp3) is 0.333. The van der Waals surface area contributed by atoms with Crippen molar-refractivity contribution in [3.63, 3.8) is 0 Å². The van der Waals surface area contributed by atoms with Gasteiger partial charge in [0.1, 0.15) is 0 Å². The van der Waals surface area contributed by atoms with E-state index in [4.69, 9.17) is 0 Å². The Morgan fingerprint density at radius 3 is 2.69 bits per heavy atom. The van der Waals surface area contributed by atoms with Crippen LogP contribution in [0.2, 0.25) is 0 Å². The molecule has 1 heteroatoms. The van der Waals surface area contributed by atoms with Crippen LogP contribution in [0, 0.1) is 0 Å². The molecule has 0 aliphatic heterocycles. The molecule has 0 rings (SSSR count). The van der Waals surface area contributed by atoms with Crippen LogP contribution in [-0.4, -0.2) is 13.1 Å². The summed E-state index contributed by atoms with van der Waals surface area (Å²) >= 11 is 0. The van der Waals surface area contributed by atoms with E-state index in [1.807, 2.05) is 25.2 Å². The van der Waals surface area contributed by atoms with Gasteiger partial charge < -0.3 is 5.32 Å². The van der Waals surface area contributed by atoms with Crippen molar-refractivity contribution >= 4 is 0 Å². The summed E-state index contributed by atoms with van der Waals surface area (Å²) in [5.41, 5.74) is 1.28. The summed E-state index contributed by atoms with van der Waals surface area (Å²) in [6.45, 7) is 9.50. The molecule has 13 heavy (non-hydrogen) atoms. The molecule has 0 aromatic carbocycles. The Bertz CT molecular complexity index is 209. The van der Waals surface area contributed by atoms with Crippen molar-refractivity contribution in [2.45, 2.75) is 13.8 Å². The average molecular weight is 177 g/mol. The largest absolute Gasteiger partial charge is 0.310 e. The van der Waals surface area contributed by atoms with E-state index in [0.717, 1.165) is 13.1 Å². The van der Waals surface area contributed by atoms with Crippen molar-refractivity contribution in [2.24, 2.45) is 0 Å². The molecular formula is C12H19N. The minimum absolute atomic E-state index is 0.863. The van der Waals surface area contributed by atoms with Crippen LogP contribution < -0.4 is 5.32 Å². The lowest BCUT2D eigenvalue weighted by Gasteiger charge is -1.92. The van der Waals surface area contributed by atoms with Gasteiger partial charge in [0.2, 0.25) is 0 Å². The molecule has 0 unspecified atom stereocenters. The average Bonchev–Trinajstić information content (AvgIpc) is 2.16. The minimum atomic E-state index is 0.863. The van der Waals surface area contributed by atoms with Gasteiger partial charge in [0.25, 0.3) is 0 Å². The lowest BCUT2D eigenvalue weighted by Crippen LogP contribution is -2.12. The first-order chi connectivity index (χ1) is 6.31. The second-order valence-electron chi connectivity index (χ2n) is 2.77. The van der Waals surface area contributed by atoms with Crippen LogP contribution in [-0.2, 0) is 0 Å². The second-order valence-corrected chi connectivity index (χ2v) is 2.77. The van der Waals surface area contributed by atoms with Crippen molar-refractivity contribution < 1.29 is 0 Å². The van der Waals surface area contributed by atoms with E-state index in [1.54, 1.807) is 0 Å². The Kier molecular flexibility index (Phi) is 8.26. The van der Waals surface area contributed by atoms with E-state index < -0.39 is 0 Å². The van der Waals surface area contributed by atoms with Gasteiger partial charge in [0, 0.05) is 13.1 Å². The monoisotopic (exact) mass is 177 g/mol. The number of allylic oxidation sites excluding steroid dienone is 5. The highest BCUT2D eigenvalue weighted by Crippen LogP contribution is 1.93. The molecule has 72 valence electrons. The van der Waals surface area contributed by atoms with Crippen LogP contribution in [0.3, 0.4) is 0 Å². The van der Waals surface area contributed by atoms with Crippen LogP contribution in [0.1, 0.15) is 13.8 Å². The Labute approximate surface area is 81.5 Å². The molecule has 0 aliphatic rings. The molecule has 0 fully saturated rings. The first-order valence-electron chi connectivity index (χ1n) is 4.59. The molecule has 0 heterocycles. The number of hydrogen-bond donors (Lipinski definition) is 1. The summed E-state index contributed by atoms with van der Waals surface area (Å²) in [5.74, 6) is 0. The summed E-state index contributed by atoms with van der Waals surface area (Å²) in [5, 5.41) is 3.18. The van der Waals surface area contributed by atoms with E-state index >= 15 is 0 Å². The minimum Gasteiger partial charge on any atom is -0.310 e. The fourth-order valence-electron chi connectivity index (χ4n) is 0.719. The van der Waals surface area contributed by atoms with Crippen LogP contribution in [0.25, 0.3) is 0 Å². The molecule has 0 amide bonds. The third-order valence-corrected chi connectivity index (χ3v) is 1.61. The Morgan fingerprint density at radius 1 is 1.31 bits per heavy atom. The lowest BCUT2D eigenvalue weighted by molar-refractivity contribution is 0.844. The molecular weight excluding hydrogens is 158 g/mol. The summed E-state index contributed by atoms with van der Waals surface area (Å²) in [4.78, 5) is 0. The molecule has 0 bridgehead atoms. The lowest BCUT2D eigenvalue weighted by atomic mass is 10.2. The van der Waals surface area contributed by atoms with Gasteiger partial charge in [-0.3, -0.25) is 0 Å². The van der Waals surface area contributed by atoms with Crippen molar-refractivity contribution in [1.29, 1.82) is 0 Å². The molecule has 0 spiro atoms.